The number of benzene rings is 1. The summed E-state index contributed by atoms with van der Waals surface area (Å²) in [6.07, 6.45) is 4.37. The molecule has 1 N–H and O–H groups in total. The molecule has 126 valence electrons. The summed E-state index contributed by atoms with van der Waals surface area (Å²) < 4.78 is 5.80. The number of aromatic nitrogens is 1. The number of thioether (sulfide) groups is 1. The van der Waals surface area contributed by atoms with Gasteiger partial charge in [-0.1, -0.05) is 17.7 Å². The van der Waals surface area contributed by atoms with Crippen molar-refractivity contribution in [2.45, 2.75) is 32.1 Å². The van der Waals surface area contributed by atoms with Gasteiger partial charge in [0.2, 0.25) is 5.91 Å². The maximum Gasteiger partial charge on any atom is 0.230 e. The number of nitrogens with one attached hydrogen (secondary N) is 1. The SMILES string of the molecule is Cc1cc(C)c2c(c1)C(NC(=O)CSCc1ccncc1)CCO2. The van der Waals surface area contributed by atoms with Crippen LogP contribution in [0.3, 0.4) is 0 Å². The molecule has 1 unspecified atom stereocenters. The lowest BCUT2D eigenvalue weighted by Gasteiger charge is -2.28. The number of nitrogens with zero attached hydrogens (tertiary/aromatic N) is 1. The number of carbonyl (C=O) groups is 1. The van der Waals surface area contributed by atoms with Gasteiger partial charge in [-0.15, -0.1) is 11.8 Å². The predicted molar refractivity (Wildman–Crippen MR) is 97.3 cm³/mol. The smallest absolute Gasteiger partial charge is 0.230 e. The summed E-state index contributed by atoms with van der Waals surface area (Å²) in [6, 6.07) is 8.24. The van der Waals surface area contributed by atoms with E-state index in [2.05, 4.69) is 36.3 Å². The second-order valence-corrected chi connectivity index (χ2v) is 7.09. The number of fused-ring (bicyclic) bond motifs is 1. The van der Waals surface area contributed by atoms with Crippen molar-refractivity contribution in [1.29, 1.82) is 0 Å². The third kappa shape index (κ3) is 4.09. The molecular formula is C19H22N2O2S. The first-order valence-corrected chi connectivity index (χ1v) is 9.29. The highest BCUT2D eigenvalue weighted by molar-refractivity contribution is 7.99. The first kappa shape index (κ1) is 16.8. The van der Waals surface area contributed by atoms with E-state index in [0.29, 0.717) is 12.4 Å². The first-order valence-electron chi connectivity index (χ1n) is 8.13. The lowest BCUT2D eigenvalue weighted by atomic mass is 9.96. The highest BCUT2D eigenvalue weighted by Gasteiger charge is 2.24. The summed E-state index contributed by atoms with van der Waals surface area (Å²) >= 11 is 1.62. The Morgan fingerprint density at radius 2 is 2.12 bits per heavy atom. The highest BCUT2D eigenvalue weighted by atomic mass is 32.2. The van der Waals surface area contributed by atoms with E-state index in [1.165, 1.54) is 11.1 Å². The number of ether oxygens (including phenoxy) is 1. The summed E-state index contributed by atoms with van der Waals surface area (Å²) in [7, 11) is 0. The van der Waals surface area contributed by atoms with E-state index in [9.17, 15) is 4.79 Å². The Morgan fingerprint density at radius 3 is 2.92 bits per heavy atom. The van der Waals surface area contributed by atoms with Crippen molar-refractivity contribution in [2.24, 2.45) is 0 Å². The summed E-state index contributed by atoms with van der Waals surface area (Å²) in [5, 5.41) is 3.16. The molecule has 1 aromatic heterocycles. The average molecular weight is 342 g/mol. The molecule has 0 spiro atoms. The largest absolute Gasteiger partial charge is 0.493 e. The molecule has 2 heterocycles. The Kier molecular flexibility index (Phi) is 5.41. The third-order valence-corrected chi connectivity index (χ3v) is 5.07. The van der Waals surface area contributed by atoms with Gasteiger partial charge in [-0.2, -0.15) is 0 Å². The molecule has 1 aliphatic rings. The maximum absolute atomic E-state index is 12.3. The van der Waals surface area contributed by atoms with Gasteiger partial charge in [-0.25, -0.2) is 0 Å². The van der Waals surface area contributed by atoms with E-state index < -0.39 is 0 Å². The molecule has 0 aliphatic carbocycles. The first-order chi connectivity index (χ1) is 11.6. The molecule has 0 bridgehead atoms. The van der Waals surface area contributed by atoms with Crippen molar-refractivity contribution >= 4 is 17.7 Å². The summed E-state index contributed by atoms with van der Waals surface area (Å²) in [4.78, 5) is 16.3. The molecule has 0 radical (unpaired) electrons. The van der Waals surface area contributed by atoms with Gasteiger partial charge in [0, 0.05) is 30.1 Å². The molecule has 1 aromatic carbocycles. The number of aryl methyl sites for hydroxylation is 2. The van der Waals surface area contributed by atoms with Gasteiger partial charge in [-0.05, 0) is 37.1 Å². The molecule has 5 heteroatoms. The van der Waals surface area contributed by atoms with E-state index in [1.54, 1.807) is 24.2 Å². The van der Waals surface area contributed by atoms with Crippen molar-refractivity contribution in [3.63, 3.8) is 0 Å². The molecule has 24 heavy (non-hydrogen) atoms. The number of hydrogen-bond acceptors (Lipinski definition) is 4. The third-order valence-electron chi connectivity index (χ3n) is 4.06. The molecule has 0 saturated heterocycles. The molecule has 1 amide bonds. The molecule has 4 nitrogen and oxygen atoms in total. The van der Waals surface area contributed by atoms with Crippen LogP contribution in [-0.4, -0.2) is 23.3 Å². The van der Waals surface area contributed by atoms with Crippen LogP contribution in [0.25, 0.3) is 0 Å². The molecule has 0 saturated carbocycles. The Hall–Kier alpha value is -2.01. The van der Waals surface area contributed by atoms with Crippen molar-refractivity contribution < 1.29 is 9.53 Å². The lowest BCUT2D eigenvalue weighted by molar-refractivity contribution is -0.119. The van der Waals surface area contributed by atoms with Crippen LogP contribution in [0.4, 0.5) is 0 Å². The minimum absolute atomic E-state index is 0.0429. The molecule has 3 rings (SSSR count). The zero-order chi connectivity index (χ0) is 16.9. The average Bonchev–Trinajstić information content (AvgIpc) is 2.56. The van der Waals surface area contributed by atoms with Gasteiger partial charge in [0.1, 0.15) is 5.75 Å². The Balaban J connectivity index is 1.58. The maximum atomic E-state index is 12.3. The number of hydrogen-bond donors (Lipinski definition) is 1. The number of carbonyl (C=O) groups excluding carboxylic acids is 1. The minimum atomic E-state index is 0.0429. The zero-order valence-electron chi connectivity index (χ0n) is 14.0. The van der Waals surface area contributed by atoms with Crippen LogP contribution in [0.1, 0.15) is 34.7 Å². The lowest BCUT2D eigenvalue weighted by Crippen LogP contribution is -2.33. The van der Waals surface area contributed by atoms with Gasteiger partial charge in [0.15, 0.2) is 0 Å². The van der Waals surface area contributed by atoms with E-state index in [4.69, 9.17) is 4.74 Å². The fourth-order valence-corrected chi connectivity index (χ4v) is 3.80. The summed E-state index contributed by atoms with van der Waals surface area (Å²) in [5.41, 5.74) is 4.62. The van der Waals surface area contributed by atoms with Crippen molar-refractivity contribution in [2.75, 3.05) is 12.4 Å². The van der Waals surface area contributed by atoms with Gasteiger partial charge in [-0.3, -0.25) is 9.78 Å². The van der Waals surface area contributed by atoms with E-state index in [-0.39, 0.29) is 11.9 Å². The number of rotatable bonds is 5. The van der Waals surface area contributed by atoms with Gasteiger partial charge < -0.3 is 10.1 Å². The molecule has 0 fully saturated rings. The minimum Gasteiger partial charge on any atom is -0.493 e. The topological polar surface area (TPSA) is 51.2 Å². The quantitative estimate of drug-likeness (QED) is 0.902. The monoisotopic (exact) mass is 342 g/mol. The van der Waals surface area contributed by atoms with Gasteiger partial charge in [0.05, 0.1) is 18.4 Å². The fraction of sp³-hybridized carbons (Fsp3) is 0.368. The van der Waals surface area contributed by atoms with Crippen molar-refractivity contribution in [3.8, 4) is 5.75 Å². The zero-order valence-corrected chi connectivity index (χ0v) is 14.9. The standard InChI is InChI=1S/C19H22N2O2S/c1-13-9-14(2)19-16(10-13)17(5-8-23-19)21-18(22)12-24-11-15-3-6-20-7-4-15/h3-4,6-7,9-10,17H,5,8,11-12H2,1-2H3,(H,21,22). The van der Waals surface area contributed by atoms with E-state index >= 15 is 0 Å². The van der Waals surface area contributed by atoms with Crippen LogP contribution in [0.15, 0.2) is 36.7 Å². The van der Waals surface area contributed by atoms with Crippen molar-refractivity contribution in [3.05, 3.63) is 58.9 Å². The number of pyridine rings is 1. The second kappa shape index (κ2) is 7.71. The van der Waals surface area contributed by atoms with Crippen LogP contribution >= 0.6 is 11.8 Å². The molecule has 1 aliphatic heterocycles. The van der Waals surface area contributed by atoms with Crippen molar-refractivity contribution in [1.82, 2.24) is 10.3 Å². The fourth-order valence-electron chi connectivity index (χ4n) is 3.00. The van der Waals surface area contributed by atoms with Crippen LogP contribution in [0, 0.1) is 13.8 Å². The van der Waals surface area contributed by atoms with Crippen LogP contribution < -0.4 is 10.1 Å². The summed E-state index contributed by atoms with van der Waals surface area (Å²) in [6.45, 7) is 4.78. The van der Waals surface area contributed by atoms with E-state index in [1.807, 2.05) is 12.1 Å². The highest BCUT2D eigenvalue weighted by Crippen LogP contribution is 2.35. The molecular weight excluding hydrogens is 320 g/mol. The molecule has 1 atom stereocenters. The second-order valence-electron chi connectivity index (χ2n) is 6.11. The van der Waals surface area contributed by atoms with Crippen LogP contribution in [-0.2, 0) is 10.5 Å². The van der Waals surface area contributed by atoms with Gasteiger partial charge in [0.25, 0.3) is 0 Å². The molecule has 2 aromatic rings. The van der Waals surface area contributed by atoms with Gasteiger partial charge >= 0.3 is 0 Å². The Morgan fingerprint density at radius 1 is 1.33 bits per heavy atom. The Bertz CT molecular complexity index is 719. The van der Waals surface area contributed by atoms with Crippen LogP contribution in [0.2, 0.25) is 0 Å². The van der Waals surface area contributed by atoms with E-state index in [0.717, 1.165) is 29.1 Å². The summed E-state index contributed by atoms with van der Waals surface area (Å²) in [5.74, 6) is 2.28. The predicted octanol–water partition coefficient (Wildman–Crippen LogP) is 3.57. The Labute approximate surface area is 147 Å². The van der Waals surface area contributed by atoms with Crippen LogP contribution in [0.5, 0.6) is 5.75 Å². The normalized spacial score (nSPS) is 16.2. The number of amides is 1.